The van der Waals surface area contributed by atoms with Gasteiger partial charge in [-0.1, -0.05) is 44.2 Å². The molecule has 11 heteroatoms. The second-order valence-corrected chi connectivity index (χ2v) is 8.03. The predicted octanol–water partition coefficient (Wildman–Crippen LogP) is 2.70. The van der Waals surface area contributed by atoms with Crippen LogP contribution in [-0.4, -0.2) is 57.3 Å². The second kappa shape index (κ2) is 11.8. The molecule has 0 saturated heterocycles. The van der Waals surface area contributed by atoms with Crippen molar-refractivity contribution in [3.05, 3.63) is 53.3 Å². The Morgan fingerprint density at radius 3 is 2.48 bits per heavy atom. The molecule has 1 aromatic carbocycles. The number of carboxylic acid groups (broad SMARTS) is 1. The molecule has 0 saturated carbocycles. The molecule has 2 heterocycles. The Kier molecular flexibility index (Phi) is 9.42. The average Bonchev–Trinajstić information content (AvgIpc) is 3.15. The number of halogens is 3. The highest BCUT2D eigenvalue weighted by atomic mass is 19.4. The van der Waals surface area contributed by atoms with Gasteiger partial charge >= 0.3 is 12.1 Å². The first-order valence-electron chi connectivity index (χ1n) is 10.4. The van der Waals surface area contributed by atoms with Crippen molar-refractivity contribution >= 4 is 11.9 Å². The van der Waals surface area contributed by atoms with E-state index in [4.69, 9.17) is 14.6 Å². The van der Waals surface area contributed by atoms with Gasteiger partial charge in [-0.15, -0.1) is 0 Å². The third-order valence-corrected chi connectivity index (χ3v) is 4.75. The zero-order valence-corrected chi connectivity index (χ0v) is 18.4. The molecule has 33 heavy (non-hydrogen) atoms. The van der Waals surface area contributed by atoms with E-state index < -0.39 is 18.2 Å². The summed E-state index contributed by atoms with van der Waals surface area (Å²) in [5.41, 5.74) is 3.23. The number of carboxylic acids is 1. The van der Waals surface area contributed by atoms with Crippen LogP contribution in [0.3, 0.4) is 0 Å². The van der Waals surface area contributed by atoms with Crippen molar-refractivity contribution < 1.29 is 37.7 Å². The van der Waals surface area contributed by atoms with Crippen LogP contribution in [0.5, 0.6) is 0 Å². The van der Waals surface area contributed by atoms with E-state index in [-0.39, 0.29) is 17.9 Å². The summed E-state index contributed by atoms with van der Waals surface area (Å²) in [5, 5.41) is 24.5. The number of rotatable bonds is 7. The van der Waals surface area contributed by atoms with Gasteiger partial charge in [0.15, 0.2) is 0 Å². The van der Waals surface area contributed by atoms with Crippen LogP contribution in [0, 0.1) is 5.92 Å². The van der Waals surface area contributed by atoms with Crippen molar-refractivity contribution in [1.29, 1.82) is 0 Å². The Balaban J connectivity index is 0.000000479. The summed E-state index contributed by atoms with van der Waals surface area (Å²) in [6.07, 6.45) is -2.99. The van der Waals surface area contributed by atoms with Crippen molar-refractivity contribution in [3.63, 3.8) is 0 Å². The molecule has 1 aliphatic rings. The lowest BCUT2D eigenvalue weighted by Crippen LogP contribution is -2.39. The topological polar surface area (TPSA) is 114 Å². The van der Waals surface area contributed by atoms with E-state index in [0.717, 1.165) is 17.7 Å². The highest BCUT2D eigenvalue weighted by Gasteiger charge is 2.38. The molecule has 0 radical (unpaired) electrons. The van der Waals surface area contributed by atoms with E-state index in [1.54, 1.807) is 0 Å². The molecule has 0 aliphatic carbocycles. The van der Waals surface area contributed by atoms with Crippen LogP contribution in [-0.2, 0) is 27.3 Å². The maximum absolute atomic E-state index is 12.0. The van der Waals surface area contributed by atoms with Crippen molar-refractivity contribution in [3.8, 4) is 0 Å². The summed E-state index contributed by atoms with van der Waals surface area (Å²) in [4.78, 5) is 20.9. The molecule has 2 atom stereocenters. The average molecular weight is 471 g/mol. The number of nitrogens with one attached hydrogen (secondary N) is 1. The van der Waals surface area contributed by atoms with Crippen LogP contribution in [0.25, 0.3) is 0 Å². The van der Waals surface area contributed by atoms with E-state index in [1.807, 2.05) is 36.7 Å². The molecular weight excluding hydrogens is 443 g/mol. The van der Waals surface area contributed by atoms with E-state index in [9.17, 15) is 23.1 Å². The molecule has 0 fully saturated rings. The van der Waals surface area contributed by atoms with Crippen LogP contribution in [0.2, 0.25) is 0 Å². The standard InChI is InChI=1S/C20H27N3O3.C2HF3O2/c1-14(2)10-17(24)20(25)21-11-18-19-16(8-9-26-18)13-23(22-19)12-15-6-4-3-5-7-15;3-2(4,5)1(6)7/h3-7,13-14,17-18,24H,8-12H2,1-2H3,(H,21,25);(H,6,7). The maximum atomic E-state index is 12.0. The van der Waals surface area contributed by atoms with Gasteiger partial charge in [-0.25, -0.2) is 4.79 Å². The Morgan fingerprint density at radius 1 is 1.27 bits per heavy atom. The van der Waals surface area contributed by atoms with E-state index in [2.05, 4.69) is 28.7 Å². The van der Waals surface area contributed by atoms with Crippen molar-refractivity contribution in [2.24, 2.45) is 5.92 Å². The van der Waals surface area contributed by atoms with Gasteiger partial charge in [0, 0.05) is 12.7 Å². The number of alkyl halides is 3. The zero-order chi connectivity index (χ0) is 24.6. The molecule has 2 unspecified atom stereocenters. The lowest BCUT2D eigenvalue weighted by Gasteiger charge is -2.23. The molecule has 2 aromatic rings. The SMILES string of the molecule is CC(C)CC(O)C(=O)NCC1OCCc2cn(Cc3ccccc3)nc21.O=C(O)C(F)(F)F. The molecule has 1 aromatic heterocycles. The number of aliphatic hydroxyl groups excluding tert-OH is 1. The molecule has 1 aliphatic heterocycles. The quantitative estimate of drug-likeness (QED) is 0.572. The summed E-state index contributed by atoms with van der Waals surface area (Å²) < 4.78 is 39.5. The Morgan fingerprint density at radius 2 is 1.91 bits per heavy atom. The monoisotopic (exact) mass is 471 g/mol. The molecule has 3 N–H and O–H groups in total. The van der Waals surface area contributed by atoms with Gasteiger partial charge < -0.3 is 20.3 Å². The van der Waals surface area contributed by atoms with Crippen LogP contribution in [0.15, 0.2) is 36.5 Å². The summed E-state index contributed by atoms with van der Waals surface area (Å²) >= 11 is 0. The van der Waals surface area contributed by atoms with Gasteiger partial charge in [0.2, 0.25) is 5.91 Å². The van der Waals surface area contributed by atoms with Gasteiger partial charge in [0.05, 0.1) is 18.8 Å². The zero-order valence-electron chi connectivity index (χ0n) is 18.4. The minimum Gasteiger partial charge on any atom is -0.475 e. The number of aliphatic carboxylic acids is 1. The van der Waals surface area contributed by atoms with E-state index in [0.29, 0.717) is 26.1 Å². The van der Waals surface area contributed by atoms with Gasteiger partial charge in [-0.05, 0) is 29.9 Å². The van der Waals surface area contributed by atoms with Crippen LogP contribution in [0.4, 0.5) is 13.2 Å². The number of ether oxygens (including phenoxy) is 1. The summed E-state index contributed by atoms with van der Waals surface area (Å²) in [7, 11) is 0. The minimum atomic E-state index is -5.08. The number of aromatic nitrogens is 2. The van der Waals surface area contributed by atoms with Gasteiger partial charge in [0.25, 0.3) is 0 Å². The first-order valence-corrected chi connectivity index (χ1v) is 10.4. The number of hydrogen-bond donors (Lipinski definition) is 3. The largest absolute Gasteiger partial charge is 0.490 e. The fraction of sp³-hybridized carbons (Fsp3) is 0.500. The minimum absolute atomic E-state index is 0.266. The summed E-state index contributed by atoms with van der Waals surface area (Å²) in [5.74, 6) is -2.84. The number of aliphatic hydroxyl groups is 1. The molecule has 182 valence electrons. The lowest BCUT2D eigenvalue weighted by molar-refractivity contribution is -0.192. The van der Waals surface area contributed by atoms with E-state index in [1.165, 1.54) is 5.56 Å². The first-order chi connectivity index (χ1) is 15.5. The fourth-order valence-electron chi connectivity index (χ4n) is 3.20. The van der Waals surface area contributed by atoms with Crippen LogP contribution in [0.1, 0.15) is 43.2 Å². The maximum Gasteiger partial charge on any atom is 0.490 e. The number of carbonyl (C=O) groups excluding carboxylic acids is 1. The highest BCUT2D eigenvalue weighted by molar-refractivity contribution is 5.80. The third-order valence-electron chi connectivity index (χ3n) is 4.75. The Labute approximate surface area is 189 Å². The third kappa shape index (κ3) is 8.50. The van der Waals surface area contributed by atoms with Crippen molar-refractivity contribution in [2.45, 2.75) is 51.6 Å². The van der Waals surface area contributed by atoms with Crippen LogP contribution >= 0.6 is 0 Å². The molecule has 0 spiro atoms. The molecule has 3 rings (SSSR count). The normalized spacial score (nSPS) is 16.4. The van der Waals surface area contributed by atoms with Crippen molar-refractivity contribution in [1.82, 2.24) is 15.1 Å². The van der Waals surface area contributed by atoms with E-state index >= 15 is 0 Å². The summed E-state index contributed by atoms with van der Waals surface area (Å²) in [6.45, 7) is 5.60. The molecule has 8 nitrogen and oxygen atoms in total. The molecule has 1 amide bonds. The number of benzene rings is 1. The number of amides is 1. The number of nitrogens with zero attached hydrogens (tertiary/aromatic N) is 2. The second-order valence-electron chi connectivity index (χ2n) is 8.03. The van der Waals surface area contributed by atoms with Crippen molar-refractivity contribution in [2.75, 3.05) is 13.2 Å². The number of hydrogen-bond acceptors (Lipinski definition) is 5. The Hall–Kier alpha value is -2.92. The fourth-order valence-corrected chi connectivity index (χ4v) is 3.20. The smallest absolute Gasteiger partial charge is 0.475 e. The number of carbonyl (C=O) groups is 2. The molecule has 0 bridgehead atoms. The Bertz CT molecular complexity index is 916. The van der Waals surface area contributed by atoms with Gasteiger partial charge in [-0.2, -0.15) is 18.3 Å². The first kappa shape index (κ1) is 26.3. The van der Waals surface area contributed by atoms with Gasteiger partial charge in [-0.3, -0.25) is 9.48 Å². The summed E-state index contributed by atoms with van der Waals surface area (Å²) in [6, 6.07) is 10.2. The highest BCUT2D eigenvalue weighted by Crippen LogP contribution is 2.25. The molecular formula is C22H28F3N3O5. The predicted molar refractivity (Wildman–Crippen MR) is 112 cm³/mol. The van der Waals surface area contributed by atoms with Crippen LogP contribution < -0.4 is 5.32 Å². The van der Waals surface area contributed by atoms with Gasteiger partial charge in [0.1, 0.15) is 12.2 Å². The lowest BCUT2D eigenvalue weighted by atomic mass is 10.0. The number of fused-ring (bicyclic) bond motifs is 1.